The number of nitrogens with one attached hydrogen (secondary N) is 1. The fourth-order valence-corrected chi connectivity index (χ4v) is 1.36. The first-order chi connectivity index (χ1) is 9.44. The molecule has 0 bridgehead atoms. The van der Waals surface area contributed by atoms with Crippen LogP contribution in [0.5, 0.6) is 0 Å². The number of aliphatic hydroxyl groups is 1. The summed E-state index contributed by atoms with van der Waals surface area (Å²) < 4.78 is 0. The van der Waals surface area contributed by atoms with Gasteiger partial charge in [-0.3, -0.25) is 11.3 Å². The van der Waals surface area contributed by atoms with Crippen LogP contribution in [0, 0.1) is 11.8 Å². The van der Waals surface area contributed by atoms with Crippen molar-refractivity contribution < 1.29 is 9.90 Å². The van der Waals surface area contributed by atoms with Gasteiger partial charge in [0.2, 0.25) is 0 Å². The highest BCUT2D eigenvalue weighted by Gasteiger charge is 2.10. The number of hydrazine groups is 1. The zero-order valence-corrected chi connectivity index (χ0v) is 14.0. The first-order valence-corrected chi connectivity index (χ1v) is 7.24. The molecule has 20 heavy (non-hydrogen) atoms. The van der Waals surface area contributed by atoms with E-state index in [0.29, 0.717) is 0 Å². The Kier molecular flexibility index (Phi) is 24.8. The molecule has 0 saturated carbocycles. The van der Waals surface area contributed by atoms with Crippen molar-refractivity contribution in [1.82, 2.24) is 5.43 Å². The van der Waals surface area contributed by atoms with Gasteiger partial charge in [-0.1, -0.05) is 40.5 Å². The zero-order chi connectivity index (χ0) is 16.4. The van der Waals surface area contributed by atoms with E-state index in [4.69, 9.17) is 0 Å². The fraction of sp³-hybridized carbons (Fsp3) is 0.929. The first-order valence-electron chi connectivity index (χ1n) is 7.24. The van der Waals surface area contributed by atoms with Gasteiger partial charge in [-0.15, -0.1) is 0 Å². The quantitative estimate of drug-likeness (QED) is 0.290. The maximum Gasteiger partial charge on any atom is 0.168 e. The summed E-state index contributed by atoms with van der Waals surface area (Å²) in [5.74, 6) is 5.10. The van der Waals surface area contributed by atoms with Crippen LogP contribution in [0.2, 0.25) is 0 Å². The Bertz CT molecular complexity index is 213. The van der Waals surface area contributed by atoms with Crippen LogP contribution in [0.15, 0.2) is 10.2 Å². The van der Waals surface area contributed by atoms with E-state index in [1.165, 1.54) is 0 Å². The van der Waals surface area contributed by atoms with Gasteiger partial charge in [0.1, 0.15) is 6.29 Å². The van der Waals surface area contributed by atoms with Crippen LogP contribution in [0.4, 0.5) is 0 Å². The Hall–Kier alpha value is -0.850. The van der Waals surface area contributed by atoms with Gasteiger partial charge in [0.05, 0.1) is 0 Å². The smallest absolute Gasteiger partial charge is 0.168 e. The van der Waals surface area contributed by atoms with Gasteiger partial charge in [-0.25, -0.2) is 0 Å². The molecule has 6 nitrogen and oxygen atoms in total. The van der Waals surface area contributed by atoms with Gasteiger partial charge in [0.15, 0.2) is 6.23 Å². The van der Waals surface area contributed by atoms with Crippen LogP contribution in [0.1, 0.15) is 53.4 Å². The number of hydrogen-bond donors (Lipinski definition) is 3. The molecule has 0 aromatic rings. The van der Waals surface area contributed by atoms with Gasteiger partial charge < -0.3 is 9.90 Å². The number of aldehydes is 1. The second kappa shape index (κ2) is 20.5. The summed E-state index contributed by atoms with van der Waals surface area (Å²) in [6.45, 7) is 8.09. The summed E-state index contributed by atoms with van der Waals surface area (Å²) in [6, 6.07) is 0. The van der Waals surface area contributed by atoms with E-state index in [2.05, 4.69) is 35.3 Å². The molecule has 0 radical (unpaired) electrons. The minimum Gasteiger partial charge on any atom is -0.370 e. The molecule has 0 fully saturated rings. The molecule has 3 atom stereocenters. The standard InChI is InChI=1S/C7H16N2O.C6H12O.CH6N2/c1-4-5-6(2)7(10)9-8-3;1-3-4-6(2)5-7;1-3-2/h6-7,10H,4-5H2,1-3H3;5-6H,3-4H2,1-2H3;3H,2H2,1H3/b9-8+;;. The average molecular weight is 290 g/mol. The lowest BCUT2D eigenvalue weighted by molar-refractivity contribution is -0.110. The molecule has 0 amide bonds. The Morgan fingerprint density at radius 3 is 1.95 bits per heavy atom. The largest absolute Gasteiger partial charge is 0.370 e. The van der Waals surface area contributed by atoms with E-state index >= 15 is 0 Å². The second-order valence-corrected chi connectivity index (χ2v) is 4.69. The Morgan fingerprint density at radius 2 is 1.70 bits per heavy atom. The third kappa shape index (κ3) is 22.3. The maximum atomic E-state index is 9.89. The summed E-state index contributed by atoms with van der Waals surface area (Å²) in [4.78, 5) is 9.89. The minimum atomic E-state index is -0.607. The number of hydrogen-bond acceptors (Lipinski definition) is 6. The highest BCUT2D eigenvalue weighted by atomic mass is 16.3. The van der Waals surface area contributed by atoms with Crippen LogP contribution >= 0.6 is 0 Å². The monoisotopic (exact) mass is 290 g/mol. The number of carbonyl (C=O) groups is 1. The molecule has 0 aliphatic heterocycles. The normalized spacial score (nSPS) is 14.4. The number of aliphatic hydroxyl groups excluding tert-OH is 1. The maximum absolute atomic E-state index is 9.89. The lowest BCUT2D eigenvalue weighted by Crippen LogP contribution is -2.13. The molecule has 0 spiro atoms. The Balaban J connectivity index is -0.000000251. The van der Waals surface area contributed by atoms with Crippen molar-refractivity contribution in [2.24, 2.45) is 27.9 Å². The molecular weight excluding hydrogens is 256 g/mol. The van der Waals surface area contributed by atoms with Crippen LogP contribution in [-0.4, -0.2) is 31.7 Å². The van der Waals surface area contributed by atoms with Crippen molar-refractivity contribution in [3.05, 3.63) is 0 Å². The summed E-state index contributed by atoms with van der Waals surface area (Å²) in [7, 11) is 3.22. The molecular formula is C14H34N4O2. The van der Waals surface area contributed by atoms with Crippen molar-refractivity contribution in [1.29, 1.82) is 0 Å². The topological polar surface area (TPSA) is 100 Å². The molecule has 0 aromatic carbocycles. The molecule has 0 saturated heterocycles. The van der Waals surface area contributed by atoms with Gasteiger partial charge in [-0.05, 0) is 19.9 Å². The van der Waals surface area contributed by atoms with Gasteiger partial charge in [0, 0.05) is 18.9 Å². The van der Waals surface area contributed by atoms with Crippen LogP contribution in [0.25, 0.3) is 0 Å². The molecule has 0 heterocycles. The number of nitrogens with two attached hydrogens (primary N) is 1. The molecule has 6 heteroatoms. The predicted octanol–water partition coefficient (Wildman–Crippen LogP) is 2.52. The van der Waals surface area contributed by atoms with Crippen molar-refractivity contribution in [3.63, 3.8) is 0 Å². The molecule has 3 unspecified atom stereocenters. The number of nitrogens with zero attached hydrogens (tertiary/aromatic N) is 2. The van der Waals surface area contributed by atoms with Crippen LogP contribution < -0.4 is 11.3 Å². The summed E-state index contributed by atoms with van der Waals surface area (Å²) in [6.07, 6.45) is 4.62. The minimum absolute atomic E-state index is 0.230. The zero-order valence-electron chi connectivity index (χ0n) is 14.0. The Labute approximate surface area is 124 Å². The first kappa shape index (κ1) is 24.2. The second-order valence-electron chi connectivity index (χ2n) is 4.69. The Morgan fingerprint density at radius 1 is 1.25 bits per heavy atom. The van der Waals surface area contributed by atoms with E-state index < -0.39 is 6.23 Å². The molecule has 122 valence electrons. The van der Waals surface area contributed by atoms with Gasteiger partial charge in [0.25, 0.3) is 0 Å². The number of carbonyl (C=O) groups excluding carboxylic acids is 1. The van der Waals surface area contributed by atoms with Crippen molar-refractivity contribution in [3.8, 4) is 0 Å². The molecule has 0 aromatic heterocycles. The molecule has 0 rings (SSSR count). The van der Waals surface area contributed by atoms with Gasteiger partial charge in [-0.2, -0.15) is 10.2 Å². The highest BCUT2D eigenvalue weighted by molar-refractivity contribution is 5.52. The molecule has 0 aliphatic carbocycles. The summed E-state index contributed by atoms with van der Waals surface area (Å²) >= 11 is 0. The van der Waals surface area contributed by atoms with Crippen molar-refractivity contribution in [2.75, 3.05) is 14.1 Å². The van der Waals surface area contributed by atoms with E-state index in [9.17, 15) is 9.90 Å². The van der Waals surface area contributed by atoms with Crippen LogP contribution in [-0.2, 0) is 4.79 Å². The van der Waals surface area contributed by atoms with E-state index in [0.717, 1.165) is 32.0 Å². The summed E-state index contributed by atoms with van der Waals surface area (Å²) in [5.41, 5.74) is 2.25. The SMILES string of the molecule is CCCC(C)C(O)/N=N/C.CCCC(C)C=O.CNN. The van der Waals surface area contributed by atoms with Crippen LogP contribution in [0.3, 0.4) is 0 Å². The molecule has 4 N–H and O–H groups in total. The fourth-order valence-electron chi connectivity index (χ4n) is 1.36. The summed E-state index contributed by atoms with van der Waals surface area (Å²) in [5, 5.41) is 16.3. The third-order valence-corrected chi connectivity index (χ3v) is 2.46. The highest BCUT2D eigenvalue weighted by Crippen LogP contribution is 2.11. The van der Waals surface area contributed by atoms with E-state index in [1.54, 1.807) is 14.1 Å². The lowest BCUT2D eigenvalue weighted by atomic mass is 10.1. The van der Waals surface area contributed by atoms with Crippen molar-refractivity contribution in [2.45, 2.75) is 59.6 Å². The lowest BCUT2D eigenvalue weighted by Gasteiger charge is -2.11. The number of azo groups is 1. The predicted molar refractivity (Wildman–Crippen MR) is 84.2 cm³/mol. The number of rotatable bonds is 7. The molecule has 0 aliphatic rings. The van der Waals surface area contributed by atoms with E-state index in [-0.39, 0.29) is 11.8 Å². The van der Waals surface area contributed by atoms with Crippen molar-refractivity contribution >= 4 is 6.29 Å². The van der Waals surface area contributed by atoms with E-state index in [1.807, 2.05) is 13.8 Å². The average Bonchev–Trinajstić information content (AvgIpc) is 2.41. The van der Waals surface area contributed by atoms with Gasteiger partial charge >= 0.3 is 0 Å². The third-order valence-electron chi connectivity index (χ3n) is 2.46.